The van der Waals surface area contributed by atoms with Crippen LogP contribution in [0.25, 0.3) is 0 Å². The molecule has 0 bridgehead atoms. The van der Waals surface area contributed by atoms with Crippen molar-refractivity contribution in [3.05, 3.63) is 58.3 Å². The summed E-state index contributed by atoms with van der Waals surface area (Å²) in [5.74, 6) is 0. The number of carbonyl (C=O) groups is 1. The van der Waals surface area contributed by atoms with Crippen LogP contribution in [-0.2, 0) is 6.54 Å². The van der Waals surface area contributed by atoms with E-state index < -0.39 is 0 Å². The zero-order valence-electron chi connectivity index (χ0n) is 10.0. The Hall–Kier alpha value is -1.68. The van der Waals surface area contributed by atoms with Gasteiger partial charge >= 0.3 is 0 Å². The number of benzene rings is 1. The SMILES string of the molecule is CN(Cc1cccnc1)c1cc(Br)ccc1C=O. The summed E-state index contributed by atoms with van der Waals surface area (Å²) in [5, 5.41) is 0. The molecule has 0 aliphatic rings. The molecular formula is C14H13BrN2O. The smallest absolute Gasteiger partial charge is 0.152 e. The molecule has 18 heavy (non-hydrogen) atoms. The molecule has 1 aromatic heterocycles. The fraction of sp³-hybridized carbons (Fsp3) is 0.143. The molecular weight excluding hydrogens is 292 g/mol. The van der Waals surface area contributed by atoms with Crippen LogP contribution in [0.5, 0.6) is 0 Å². The Morgan fingerprint density at radius 3 is 2.89 bits per heavy atom. The minimum absolute atomic E-state index is 0.685. The summed E-state index contributed by atoms with van der Waals surface area (Å²) in [7, 11) is 1.96. The van der Waals surface area contributed by atoms with Gasteiger partial charge in [-0.15, -0.1) is 0 Å². The Labute approximate surface area is 115 Å². The molecule has 0 aliphatic carbocycles. The fourth-order valence-corrected chi connectivity index (χ4v) is 2.15. The van der Waals surface area contributed by atoms with E-state index in [1.807, 2.05) is 48.5 Å². The quantitative estimate of drug-likeness (QED) is 0.813. The van der Waals surface area contributed by atoms with E-state index in [-0.39, 0.29) is 0 Å². The van der Waals surface area contributed by atoms with Gasteiger partial charge in [0.05, 0.1) is 0 Å². The summed E-state index contributed by atoms with van der Waals surface area (Å²) < 4.78 is 0.959. The van der Waals surface area contributed by atoms with Crippen LogP contribution in [0.4, 0.5) is 5.69 Å². The molecule has 0 N–H and O–H groups in total. The third-order valence-electron chi connectivity index (χ3n) is 2.67. The molecule has 0 aliphatic heterocycles. The third-order valence-corrected chi connectivity index (χ3v) is 3.17. The van der Waals surface area contributed by atoms with Gasteiger partial charge in [0.15, 0.2) is 6.29 Å². The number of rotatable bonds is 4. The third kappa shape index (κ3) is 2.96. The van der Waals surface area contributed by atoms with E-state index in [4.69, 9.17) is 0 Å². The largest absolute Gasteiger partial charge is 0.370 e. The van der Waals surface area contributed by atoms with Crippen molar-refractivity contribution in [1.29, 1.82) is 0 Å². The first-order valence-electron chi connectivity index (χ1n) is 5.55. The first-order chi connectivity index (χ1) is 8.70. The summed E-state index contributed by atoms with van der Waals surface area (Å²) in [6.45, 7) is 0.713. The molecule has 0 saturated heterocycles. The molecule has 92 valence electrons. The Bertz CT molecular complexity index is 543. The van der Waals surface area contributed by atoms with Crippen LogP contribution < -0.4 is 4.90 Å². The average molecular weight is 305 g/mol. The number of carbonyl (C=O) groups excluding carboxylic acids is 1. The van der Waals surface area contributed by atoms with Gasteiger partial charge in [-0.1, -0.05) is 22.0 Å². The molecule has 2 aromatic rings. The first kappa shape index (κ1) is 12.8. The van der Waals surface area contributed by atoms with Gasteiger partial charge in [-0.05, 0) is 29.8 Å². The van der Waals surface area contributed by atoms with Crippen molar-refractivity contribution in [3.8, 4) is 0 Å². The van der Waals surface area contributed by atoms with Crippen LogP contribution in [-0.4, -0.2) is 18.3 Å². The van der Waals surface area contributed by atoms with E-state index in [2.05, 4.69) is 20.9 Å². The zero-order valence-corrected chi connectivity index (χ0v) is 11.6. The molecule has 0 fully saturated rings. The van der Waals surface area contributed by atoms with Crippen LogP contribution in [0.15, 0.2) is 47.2 Å². The lowest BCUT2D eigenvalue weighted by Gasteiger charge is -2.21. The van der Waals surface area contributed by atoms with Crippen molar-refractivity contribution in [3.63, 3.8) is 0 Å². The lowest BCUT2D eigenvalue weighted by Crippen LogP contribution is -2.18. The second-order valence-electron chi connectivity index (χ2n) is 4.04. The minimum Gasteiger partial charge on any atom is -0.370 e. The van der Waals surface area contributed by atoms with Crippen LogP contribution >= 0.6 is 15.9 Å². The number of pyridine rings is 1. The van der Waals surface area contributed by atoms with Crippen molar-refractivity contribution in [2.75, 3.05) is 11.9 Å². The van der Waals surface area contributed by atoms with Crippen LogP contribution in [0.3, 0.4) is 0 Å². The Kier molecular flexibility index (Phi) is 4.10. The van der Waals surface area contributed by atoms with E-state index in [1.54, 1.807) is 6.20 Å². The maximum absolute atomic E-state index is 11.0. The highest BCUT2D eigenvalue weighted by molar-refractivity contribution is 9.10. The monoisotopic (exact) mass is 304 g/mol. The molecule has 0 radical (unpaired) electrons. The predicted molar refractivity (Wildman–Crippen MR) is 75.9 cm³/mol. The fourth-order valence-electron chi connectivity index (χ4n) is 1.80. The number of aromatic nitrogens is 1. The summed E-state index contributed by atoms with van der Waals surface area (Å²) >= 11 is 3.42. The van der Waals surface area contributed by atoms with Crippen molar-refractivity contribution in [2.24, 2.45) is 0 Å². The summed E-state index contributed by atoms with van der Waals surface area (Å²) in [4.78, 5) is 17.2. The molecule has 0 unspecified atom stereocenters. The number of hydrogen-bond donors (Lipinski definition) is 0. The Morgan fingerprint density at radius 1 is 1.39 bits per heavy atom. The number of nitrogens with zero attached hydrogens (tertiary/aromatic N) is 2. The van der Waals surface area contributed by atoms with Crippen LogP contribution in [0.2, 0.25) is 0 Å². The summed E-state index contributed by atoms with van der Waals surface area (Å²) in [5.41, 5.74) is 2.70. The van der Waals surface area contributed by atoms with E-state index in [0.29, 0.717) is 12.1 Å². The molecule has 3 nitrogen and oxygen atoms in total. The highest BCUT2D eigenvalue weighted by Gasteiger charge is 2.08. The molecule has 2 rings (SSSR count). The molecule has 4 heteroatoms. The molecule has 1 heterocycles. The van der Waals surface area contributed by atoms with Gasteiger partial charge in [0.1, 0.15) is 0 Å². The minimum atomic E-state index is 0.685. The number of aldehydes is 1. The van der Waals surface area contributed by atoms with Gasteiger partial charge < -0.3 is 4.90 Å². The van der Waals surface area contributed by atoms with Gasteiger partial charge in [0.2, 0.25) is 0 Å². The molecule has 0 atom stereocenters. The lowest BCUT2D eigenvalue weighted by atomic mass is 10.1. The van der Waals surface area contributed by atoms with Crippen LogP contribution in [0.1, 0.15) is 15.9 Å². The van der Waals surface area contributed by atoms with Gasteiger partial charge in [-0.3, -0.25) is 9.78 Å². The number of hydrogen-bond acceptors (Lipinski definition) is 3. The van der Waals surface area contributed by atoms with Gasteiger partial charge in [0, 0.05) is 41.7 Å². The van der Waals surface area contributed by atoms with Gasteiger partial charge in [-0.2, -0.15) is 0 Å². The Morgan fingerprint density at radius 2 is 2.22 bits per heavy atom. The molecule has 0 amide bonds. The van der Waals surface area contributed by atoms with Crippen LogP contribution in [0, 0.1) is 0 Å². The second kappa shape index (κ2) is 5.78. The van der Waals surface area contributed by atoms with E-state index in [0.717, 1.165) is 22.0 Å². The highest BCUT2D eigenvalue weighted by atomic mass is 79.9. The number of halogens is 1. The summed E-state index contributed by atoms with van der Waals surface area (Å²) in [6.07, 6.45) is 4.45. The van der Waals surface area contributed by atoms with Crippen molar-refractivity contribution in [1.82, 2.24) is 4.98 Å². The normalized spacial score (nSPS) is 10.1. The highest BCUT2D eigenvalue weighted by Crippen LogP contribution is 2.24. The maximum atomic E-state index is 11.0. The standard InChI is InChI=1S/C14H13BrN2O/c1-17(9-11-3-2-6-16-8-11)14-7-13(15)5-4-12(14)10-18/h2-8,10H,9H2,1H3. The summed E-state index contributed by atoms with van der Waals surface area (Å²) in [6, 6.07) is 9.55. The molecule has 0 saturated carbocycles. The van der Waals surface area contributed by atoms with E-state index >= 15 is 0 Å². The lowest BCUT2D eigenvalue weighted by molar-refractivity contribution is 0.112. The first-order valence-corrected chi connectivity index (χ1v) is 6.35. The van der Waals surface area contributed by atoms with Crippen molar-refractivity contribution >= 4 is 27.9 Å². The topological polar surface area (TPSA) is 33.2 Å². The average Bonchev–Trinajstić information content (AvgIpc) is 2.40. The number of anilines is 1. The Balaban J connectivity index is 2.25. The van der Waals surface area contributed by atoms with Crippen molar-refractivity contribution in [2.45, 2.75) is 6.54 Å². The van der Waals surface area contributed by atoms with Gasteiger partial charge in [-0.25, -0.2) is 0 Å². The zero-order chi connectivity index (χ0) is 13.0. The molecule has 0 spiro atoms. The predicted octanol–water partition coefficient (Wildman–Crippen LogP) is 3.29. The maximum Gasteiger partial charge on any atom is 0.152 e. The second-order valence-corrected chi connectivity index (χ2v) is 4.95. The van der Waals surface area contributed by atoms with E-state index in [9.17, 15) is 4.79 Å². The van der Waals surface area contributed by atoms with Gasteiger partial charge in [0.25, 0.3) is 0 Å². The van der Waals surface area contributed by atoms with E-state index in [1.165, 1.54) is 0 Å². The van der Waals surface area contributed by atoms with Crippen molar-refractivity contribution < 1.29 is 4.79 Å². The molecule has 1 aromatic carbocycles.